The van der Waals surface area contributed by atoms with Crippen LogP contribution in [0.1, 0.15) is 38.2 Å². The van der Waals surface area contributed by atoms with Crippen LogP contribution in [0.25, 0.3) is 0 Å². The van der Waals surface area contributed by atoms with E-state index >= 15 is 0 Å². The molecule has 0 fully saturated rings. The second kappa shape index (κ2) is 9.84. The lowest BCUT2D eigenvalue weighted by Crippen LogP contribution is -2.30. The molecule has 3 aromatic carbocycles. The number of amides is 1. The Morgan fingerprint density at radius 2 is 1.55 bits per heavy atom. The lowest BCUT2D eigenvalue weighted by atomic mass is 9.99. The Labute approximate surface area is 194 Å². The van der Waals surface area contributed by atoms with Crippen LogP contribution in [0.15, 0.2) is 91.5 Å². The highest BCUT2D eigenvalue weighted by Gasteiger charge is 2.15. The summed E-state index contributed by atoms with van der Waals surface area (Å²) in [5, 5.41) is 3.03. The van der Waals surface area contributed by atoms with Crippen LogP contribution in [0, 0.1) is 0 Å². The van der Waals surface area contributed by atoms with Gasteiger partial charge in [0.2, 0.25) is 0 Å². The van der Waals surface area contributed by atoms with E-state index in [1.807, 2.05) is 35.0 Å². The van der Waals surface area contributed by atoms with Gasteiger partial charge >= 0.3 is 0 Å². The minimum atomic E-state index is -0.0553. The molecule has 166 valence electrons. The number of carbonyl (C=O) groups is 1. The molecular weight excluding hydrogens is 408 g/mol. The molecule has 0 aliphatic carbocycles. The van der Waals surface area contributed by atoms with Crippen LogP contribution in [0.5, 0.6) is 0 Å². The van der Waals surface area contributed by atoms with Crippen LogP contribution in [0.3, 0.4) is 0 Å². The van der Waals surface area contributed by atoms with Crippen molar-refractivity contribution >= 4 is 5.91 Å². The Kier molecular flexibility index (Phi) is 6.31. The van der Waals surface area contributed by atoms with E-state index in [4.69, 9.17) is 0 Å². The predicted molar refractivity (Wildman–Crippen MR) is 130 cm³/mol. The number of aromatic nitrogens is 2. The van der Waals surface area contributed by atoms with Gasteiger partial charge in [-0.3, -0.25) is 9.69 Å². The average Bonchev–Trinajstić information content (AvgIpc) is 3.37. The third-order valence-corrected chi connectivity index (χ3v) is 6.23. The van der Waals surface area contributed by atoms with E-state index in [2.05, 4.69) is 63.7 Å². The number of nitrogens with zero attached hydrogens (tertiary/aromatic N) is 3. The van der Waals surface area contributed by atoms with Gasteiger partial charge in [0.25, 0.3) is 5.91 Å². The van der Waals surface area contributed by atoms with E-state index in [1.165, 1.54) is 16.7 Å². The highest BCUT2D eigenvalue weighted by molar-refractivity contribution is 5.94. The Hall–Kier alpha value is -3.70. The third kappa shape index (κ3) is 5.38. The molecule has 0 atom stereocenters. The van der Waals surface area contributed by atoms with E-state index in [1.54, 1.807) is 12.5 Å². The van der Waals surface area contributed by atoms with Gasteiger partial charge in [-0.1, -0.05) is 60.7 Å². The number of fused-ring (bicyclic) bond motifs is 1. The van der Waals surface area contributed by atoms with E-state index < -0.39 is 0 Å². The smallest absolute Gasteiger partial charge is 0.251 e. The zero-order chi connectivity index (χ0) is 22.5. The van der Waals surface area contributed by atoms with Crippen molar-refractivity contribution in [2.45, 2.75) is 32.6 Å². The van der Waals surface area contributed by atoms with Gasteiger partial charge in [0, 0.05) is 50.7 Å². The summed E-state index contributed by atoms with van der Waals surface area (Å²) in [6.45, 7) is 4.32. The Balaban J connectivity index is 1.11. The number of benzene rings is 3. The first kappa shape index (κ1) is 21.2. The van der Waals surface area contributed by atoms with Gasteiger partial charge in [-0.25, -0.2) is 4.98 Å². The van der Waals surface area contributed by atoms with E-state index in [-0.39, 0.29) is 5.91 Å². The maximum atomic E-state index is 12.5. The largest absolute Gasteiger partial charge is 0.348 e. The fourth-order valence-electron chi connectivity index (χ4n) is 4.35. The van der Waals surface area contributed by atoms with E-state index in [9.17, 15) is 4.79 Å². The normalized spacial score (nSPS) is 13.5. The van der Waals surface area contributed by atoms with Gasteiger partial charge in [0.1, 0.15) is 0 Å². The molecule has 0 spiro atoms. The Morgan fingerprint density at radius 1 is 0.848 bits per heavy atom. The van der Waals surface area contributed by atoms with Gasteiger partial charge in [0.05, 0.1) is 6.33 Å². The molecule has 1 aromatic heterocycles. The summed E-state index contributed by atoms with van der Waals surface area (Å²) in [6, 6.07) is 25.0. The molecule has 0 bridgehead atoms. The first-order valence-electron chi connectivity index (χ1n) is 11.4. The molecule has 0 saturated heterocycles. The van der Waals surface area contributed by atoms with Crippen molar-refractivity contribution in [3.05, 3.63) is 125 Å². The number of imidazole rings is 1. The zero-order valence-corrected chi connectivity index (χ0v) is 18.7. The van der Waals surface area contributed by atoms with Gasteiger partial charge in [-0.2, -0.15) is 0 Å². The second-order valence-electron chi connectivity index (χ2n) is 8.66. The number of nitrogens with one attached hydrogen (secondary N) is 1. The van der Waals surface area contributed by atoms with Gasteiger partial charge in [-0.05, 0) is 46.4 Å². The molecule has 0 unspecified atom stereocenters. The van der Waals surface area contributed by atoms with Crippen molar-refractivity contribution in [3.8, 4) is 0 Å². The van der Waals surface area contributed by atoms with Crippen LogP contribution >= 0.6 is 0 Å². The molecule has 1 N–H and O–H groups in total. The predicted octanol–water partition coefficient (Wildman–Crippen LogP) is 4.42. The highest BCUT2D eigenvalue weighted by Crippen LogP contribution is 2.20. The summed E-state index contributed by atoms with van der Waals surface area (Å²) in [4.78, 5) is 19.1. The number of carbonyl (C=O) groups excluding carboxylic acids is 1. The highest BCUT2D eigenvalue weighted by atomic mass is 16.1. The lowest BCUT2D eigenvalue weighted by Gasteiger charge is -2.28. The van der Waals surface area contributed by atoms with Crippen LogP contribution in [0.4, 0.5) is 0 Å². The average molecular weight is 437 g/mol. The monoisotopic (exact) mass is 436 g/mol. The summed E-state index contributed by atoms with van der Waals surface area (Å²) in [6.07, 6.45) is 6.60. The molecule has 1 aliphatic rings. The van der Waals surface area contributed by atoms with E-state index in [0.717, 1.165) is 43.7 Å². The number of rotatable bonds is 7. The maximum Gasteiger partial charge on any atom is 0.251 e. The first-order valence-corrected chi connectivity index (χ1v) is 11.4. The van der Waals surface area contributed by atoms with Crippen molar-refractivity contribution < 1.29 is 4.79 Å². The minimum absolute atomic E-state index is 0.0553. The number of hydrogen-bond donors (Lipinski definition) is 1. The lowest BCUT2D eigenvalue weighted by molar-refractivity contribution is 0.0951. The SMILES string of the molecule is O=C(NCc1ccc(CN2CCc3ccccc3C2)cc1)c1ccc(Cn2ccnc2)cc1. The molecular formula is C28H28N4O. The van der Waals surface area contributed by atoms with Crippen LogP contribution in [0.2, 0.25) is 0 Å². The summed E-state index contributed by atoms with van der Waals surface area (Å²) in [5.41, 5.74) is 7.14. The number of hydrogen-bond acceptors (Lipinski definition) is 3. The standard InChI is InChI=1S/C28H28N4O/c33-28(26-11-9-24(10-12-26)19-32-16-14-29-21-32)30-17-22-5-7-23(8-6-22)18-31-15-13-25-3-1-2-4-27(25)20-31/h1-12,14,16,21H,13,15,17-20H2,(H,30,33). The van der Waals surface area contributed by atoms with Crippen LogP contribution in [-0.4, -0.2) is 26.9 Å². The molecule has 1 aliphatic heterocycles. The molecule has 33 heavy (non-hydrogen) atoms. The molecule has 2 heterocycles. The summed E-state index contributed by atoms with van der Waals surface area (Å²) < 4.78 is 2.00. The van der Waals surface area contributed by atoms with E-state index in [0.29, 0.717) is 12.1 Å². The van der Waals surface area contributed by atoms with Gasteiger partial charge < -0.3 is 9.88 Å². The Morgan fingerprint density at radius 3 is 2.30 bits per heavy atom. The van der Waals surface area contributed by atoms with Crippen LogP contribution < -0.4 is 5.32 Å². The van der Waals surface area contributed by atoms with Crippen molar-refractivity contribution in [1.29, 1.82) is 0 Å². The zero-order valence-electron chi connectivity index (χ0n) is 18.7. The molecule has 5 nitrogen and oxygen atoms in total. The van der Waals surface area contributed by atoms with Crippen molar-refractivity contribution in [2.75, 3.05) is 6.54 Å². The van der Waals surface area contributed by atoms with Gasteiger partial charge in [0.15, 0.2) is 0 Å². The summed E-state index contributed by atoms with van der Waals surface area (Å²) >= 11 is 0. The maximum absolute atomic E-state index is 12.5. The van der Waals surface area contributed by atoms with Crippen molar-refractivity contribution in [3.63, 3.8) is 0 Å². The molecule has 1 amide bonds. The molecule has 4 aromatic rings. The molecule has 5 rings (SSSR count). The minimum Gasteiger partial charge on any atom is -0.348 e. The van der Waals surface area contributed by atoms with Crippen LogP contribution in [-0.2, 0) is 32.6 Å². The fraction of sp³-hybridized carbons (Fsp3) is 0.214. The fourth-order valence-corrected chi connectivity index (χ4v) is 4.35. The van der Waals surface area contributed by atoms with Crippen molar-refractivity contribution in [1.82, 2.24) is 19.8 Å². The van der Waals surface area contributed by atoms with Gasteiger partial charge in [-0.15, -0.1) is 0 Å². The quantitative estimate of drug-likeness (QED) is 0.467. The first-order chi connectivity index (χ1) is 16.2. The summed E-state index contributed by atoms with van der Waals surface area (Å²) in [5.74, 6) is -0.0553. The Bertz CT molecular complexity index is 1200. The van der Waals surface area contributed by atoms with Crippen molar-refractivity contribution in [2.24, 2.45) is 0 Å². The molecule has 0 radical (unpaired) electrons. The summed E-state index contributed by atoms with van der Waals surface area (Å²) in [7, 11) is 0. The molecule has 5 heteroatoms. The third-order valence-electron chi connectivity index (χ3n) is 6.23. The second-order valence-corrected chi connectivity index (χ2v) is 8.66. The molecule has 0 saturated carbocycles. The topological polar surface area (TPSA) is 50.2 Å².